The summed E-state index contributed by atoms with van der Waals surface area (Å²) < 4.78 is 7.61. The SMILES string of the molecule is CC1CN(Cc2csc(NC(=O)c3ccc4c(=O)n5c(nc4c3)CCCCCC5)n2)CC(C)O1. The molecule has 8 nitrogen and oxygen atoms in total. The fraction of sp³-hybridized carbons (Fsp3) is 0.520. The average Bonchev–Trinajstić information content (AvgIpc) is 3.20. The predicted molar refractivity (Wildman–Crippen MR) is 134 cm³/mol. The lowest BCUT2D eigenvalue weighted by Gasteiger charge is -2.34. The van der Waals surface area contributed by atoms with Crippen molar-refractivity contribution in [1.29, 1.82) is 0 Å². The summed E-state index contributed by atoms with van der Waals surface area (Å²) in [6.07, 6.45) is 5.55. The Morgan fingerprint density at radius 1 is 1.15 bits per heavy atom. The predicted octanol–water partition coefficient (Wildman–Crippen LogP) is 3.83. The molecule has 2 aliphatic heterocycles. The van der Waals surface area contributed by atoms with Gasteiger partial charge >= 0.3 is 0 Å². The number of carbonyl (C=O) groups is 1. The van der Waals surface area contributed by atoms with Gasteiger partial charge in [-0.25, -0.2) is 9.97 Å². The minimum atomic E-state index is -0.245. The smallest absolute Gasteiger partial charge is 0.261 e. The third kappa shape index (κ3) is 5.06. The Bertz CT molecular complexity index is 1240. The fourth-order valence-corrected chi connectivity index (χ4v) is 5.68. The number of aromatic nitrogens is 3. The first kappa shape index (κ1) is 23.1. The average molecular weight is 482 g/mol. The Labute approximate surface area is 203 Å². The van der Waals surface area contributed by atoms with Crippen LogP contribution in [0.3, 0.4) is 0 Å². The Morgan fingerprint density at radius 2 is 1.94 bits per heavy atom. The number of amides is 1. The number of rotatable bonds is 4. The van der Waals surface area contributed by atoms with Crippen LogP contribution < -0.4 is 10.9 Å². The maximum absolute atomic E-state index is 13.0. The Kier molecular flexibility index (Phi) is 6.76. The molecule has 2 unspecified atom stereocenters. The Morgan fingerprint density at radius 3 is 2.76 bits per heavy atom. The largest absolute Gasteiger partial charge is 0.373 e. The molecule has 2 atom stereocenters. The van der Waals surface area contributed by atoms with Crippen LogP contribution in [0.5, 0.6) is 0 Å². The van der Waals surface area contributed by atoms with Gasteiger partial charge in [-0.15, -0.1) is 11.3 Å². The third-order valence-corrected chi connectivity index (χ3v) is 7.29. The van der Waals surface area contributed by atoms with Gasteiger partial charge in [0, 0.05) is 43.5 Å². The Hall–Kier alpha value is -2.62. The number of benzene rings is 1. The van der Waals surface area contributed by atoms with Gasteiger partial charge in [-0.05, 0) is 44.9 Å². The van der Waals surface area contributed by atoms with E-state index in [4.69, 9.17) is 9.72 Å². The summed E-state index contributed by atoms with van der Waals surface area (Å²) >= 11 is 1.42. The molecule has 0 aliphatic carbocycles. The minimum Gasteiger partial charge on any atom is -0.373 e. The number of fused-ring (bicyclic) bond motifs is 2. The highest BCUT2D eigenvalue weighted by molar-refractivity contribution is 7.14. The quantitative estimate of drug-likeness (QED) is 0.609. The van der Waals surface area contributed by atoms with E-state index < -0.39 is 0 Å². The molecule has 0 bridgehead atoms. The van der Waals surface area contributed by atoms with E-state index in [-0.39, 0.29) is 23.7 Å². The van der Waals surface area contributed by atoms with Gasteiger partial charge in [0.25, 0.3) is 11.5 Å². The van der Waals surface area contributed by atoms with Gasteiger partial charge in [0.15, 0.2) is 5.13 Å². The normalized spacial score (nSPS) is 21.6. The van der Waals surface area contributed by atoms with Gasteiger partial charge in [0.05, 0.1) is 28.8 Å². The topological polar surface area (TPSA) is 89.4 Å². The molecule has 0 spiro atoms. The fourth-order valence-electron chi connectivity index (χ4n) is 4.99. The first-order valence-corrected chi connectivity index (χ1v) is 13.0. The molecule has 9 heteroatoms. The minimum absolute atomic E-state index is 0.00910. The van der Waals surface area contributed by atoms with Crippen molar-refractivity contribution in [3.8, 4) is 0 Å². The number of morpholine rings is 1. The first-order valence-electron chi connectivity index (χ1n) is 12.1. The standard InChI is InChI=1S/C25H31N5O3S/c1-16-12-29(13-17(2)33-16)14-19-15-34-25(26-19)28-23(31)18-8-9-20-21(11-18)27-22-7-5-3-4-6-10-30(22)24(20)32/h8-9,11,15-17H,3-7,10,12-14H2,1-2H3,(H,26,28,31). The number of aryl methyl sites for hydroxylation is 1. The summed E-state index contributed by atoms with van der Waals surface area (Å²) in [5.74, 6) is 0.580. The van der Waals surface area contributed by atoms with Crippen LogP contribution in [0.15, 0.2) is 28.4 Å². The summed E-state index contributed by atoms with van der Waals surface area (Å²) in [5, 5.41) is 6.03. The van der Waals surface area contributed by atoms with Crippen LogP contribution in [0.2, 0.25) is 0 Å². The molecule has 0 radical (unpaired) electrons. The third-order valence-electron chi connectivity index (χ3n) is 6.48. The van der Waals surface area contributed by atoms with Crippen LogP contribution in [0.25, 0.3) is 10.9 Å². The maximum atomic E-state index is 13.0. The summed E-state index contributed by atoms with van der Waals surface area (Å²) in [6.45, 7) is 7.37. The number of nitrogens with one attached hydrogen (secondary N) is 1. The van der Waals surface area contributed by atoms with Gasteiger partial charge in [0.2, 0.25) is 0 Å². The van der Waals surface area contributed by atoms with Crippen LogP contribution in [0, 0.1) is 0 Å². The number of carbonyl (C=O) groups excluding carboxylic acids is 1. The lowest BCUT2D eigenvalue weighted by Crippen LogP contribution is -2.44. The van der Waals surface area contributed by atoms with E-state index in [0.29, 0.717) is 28.1 Å². The van der Waals surface area contributed by atoms with E-state index in [9.17, 15) is 9.59 Å². The molecule has 34 heavy (non-hydrogen) atoms. The molecule has 1 N–H and O–H groups in total. The van der Waals surface area contributed by atoms with Gasteiger partial charge in [-0.1, -0.05) is 12.8 Å². The van der Waals surface area contributed by atoms with E-state index in [1.807, 2.05) is 9.95 Å². The molecule has 0 saturated carbocycles. The number of anilines is 1. The van der Waals surface area contributed by atoms with E-state index in [1.165, 1.54) is 11.3 Å². The molecule has 3 aromatic rings. The second kappa shape index (κ2) is 9.93. The molecule has 1 fully saturated rings. The molecular weight excluding hydrogens is 450 g/mol. The summed E-state index contributed by atoms with van der Waals surface area (Å²) in [7, 11) is 0. The highest BCUT2D eigenvalue weighted by atomic mass is 32.1. The molecular formula is C25H31N5O3S. The van der Waals surface area contributed by atoms with Crippen molar-refractivity contribution >= 4 is 33.3 Å². The van der Waals surface area contributed by atoms with Crippen molar-refractivity contribution < 1.29 is 9.53 Å². The number of ether oxygens (including phenoxy) is 1. The lowest BCUT2D eigenvalue weighted by molar-refractivity contribution is -0.0707. The monoisotopic (exact) mass is 481 g/mol. The van der Waals surface area contributed by atoms with Crippen LogP contribution >= 0.6 is 11.3 Å². The Balaban J connectivity index is 1.31. The van der Waals surface area contributed by atoms with Crippen molar-refractivity contribution in [2.45, 2.75) is 71.2 Å². The van der Waals surface area contributed by atoms with Crippen molar-refractivity contribution in [3.05, 3.63) is 51.0 Å². The van der Waals surface area contributed by atoms with Crippen LogP contribution in [-0.4, -0.2) is 50.6 Å². The molecule has 1 aromatic carbocycles. The van der Waals surface area contributed by atoms with Crippen LogP contribution in [-0.2, 0) is 24.2 Å². The van der Waals surface area contributed by atoms with E-state index in [1.54, 1.807) is 18.2 Å². The van der Waals surface area contributed by atoms with Crippen molar-refractivity contribution in [2.24, 2.45) is 0 Å². The van der Waals surface area contributed by atoms with Gasteiger partial charge < -0.3 is 4.74 Å². The van der Waals surface area contributed by atoms with Crippen molar-refractivity contribution in [1.82, 2.24) is 19.4 Å². The zero-order valence-corrected chi connectivity index (χ0v) is 20.6. The molecule has 5 rings (SSSR count). The molecule has 2 aliphatic rings. The number of hydrogen-bond acceptors (Lipinski definition) is 7. The van der Waals surface area contributed by atoms with E-state index in [0.717, 1.165) is 63.3 Å². The lowest BCUT2D eigenvalue weighted by atomic mass is 10.1. The van der Waals surface area contributed by atoms with Crippen molar-refractivity contribution in [2.75, 3.05) is 18.4 Å². The molecule has 2 aromatic heterocycles. The van der Waals surface area contributed by atoms with E-state index >= 15 is 0 Å². The molecule has 4 heterocycles. The van der Waals surface area contributed by atoms with Crippen LogP contribution in [0.1, 0.15) is 61.4 Å². The zero-order chi connectivity index (χ0) is 23.7. The molecule has 1 amide bonds. The summed E-state index contributed by atoms with van der Waals surface area (Å²) in [5.41, 5.74) is 1.99. The van der Waals surface area contributed by atoms with Crippen molar-refractivity contribution in [3.63, 3.8) is 0 Å². The van der Waals surface area contributed by atoms with Gasteiger partial charge in [-0.3, -0.25) is 24.4 Å². The highest BCUT2D eigenvalue weighted by Crippen LogP contribution is 2.21. The van der Waals surface area contributed by atoms with Gasteiger partial charge in [0.1, 0.15) is 5.82 Å². The number of nitrogens with zero attached hydrogens (tertiary/aromatic N) is 4. The highest BCUT2D eigenvalue weighted by Gasteiger charge is 2.23. The molecule has 1 saturated heterocycles. The van der Waals surface area contributed by atoms with Gasteiger partial charge in [-0.2, -0.15) is 0 Å². The van der Waals surface area contributed by atoms with Crippen LogP contribution in [0.4, 0.5) is 5.13 Å². The summed E-state index contributed by atoms with van der Waals surface area (Å²) in [6, 6.07) is 5.14. The second-order valence-corrected chi connectivity index (χ2v) is 10.3. The van der Waals surface area contributed by atoms with E-state index in [2.05, 4.69) is 29.0 Å². The first-order chi connectivity index (χ1) is 16.5. The summed E-state index contributed by atoms with van der Waals surface area (Å²) in [4.78, 5) is 37.7. The maximum Gasteiger partial charge on any atom is 0.261 e. The number of thiazole rings is 1. The number of hydrogen-bond donors (Lipinski definition) is 1. The second-order valence-electron chi connectivity index (χ2n) is 9.43. The molecule has 180 valence electrons. The zero-order valence-electron chi connectivity index (χ0n) is 19.7.